The topological polar surface area (TPSA) is 67.8 Å². The number of aliphatic imine (C=N–C) groups is 1. The summed E-state index contributed by atoms with van der Waals surface area (Å²) < 4.78 is 10.7. The second-order valence-corrected chi connectivity index (χ2v) is 6.92. The zero-order valence-corrected chi connectivity index (χ0v) is 16.5. The van der Waals surface area contributed by atoms with Gasteiger partial charge in [0.2, 0.25) is 5.88 Å². The molecule has 0 unspecified atom stereocenters. The van der Waals surface area contributed by atoms with Crippen LogP contribution in [-0.2, 0) is 11.3 Å². The average Bonchev–Trinajstić information content (AvgIpc) is 3.15. The van der Waals surface area contributed by atoms with Gasteiger partial charge in [0.15, 0.2) is 5.96 Å². The molecule has 2 rings (SSSR count). The van der Waals surface area contributed by atoms with E-state index in [4.69, 9.17) is 14.5 Å². The molecule has 1 saturated carbocycles. The predicted molar refractivity (Wildman–Crippen MR) is 106 cm³/mol. The lowest BCUT2D eigenvalue weighted by Gasteiger charge is -2.28. The summed E-state index contributed by atoms with van der Waals surface area (Å²) in [5.74, 6) is 1.49. The summed E-state index contributed by atoms with van der Waals surface area (Å²) in [6.45, 7) is 7.78. The Morgan fingerprint density at radius 1 is 1.23 bits per heavy atom. The molecular weight excluding hydrogens is 328 g/mol. The lowest BCUT2D eigenvalue weighted by molar-refractivity contribution is 0.143. The third-order valence-corrected chi connectivity index (χ3v) is 5.17. The normalized spacial score (nSPS) is 16.5. The number of methoxy groups -OCH3 is 1. The van der Waals surface area contributed by atoms with E-state index in [9.17, 15) is 0 Å². The molecule has 2 N–H and O–H groups in total. The van der Waals surface area contributed by atoms with Crippen LogP contribution in [0.3, 0.4) is 0 Å². The van der Waals surface area contributed by atoms with E-state index in [0.717, 1.165) is 24.6 Å². The van der Waals surface area contributed by atoms with E-state index in [1.165, 1.54) is 32.1 Å². The van der Waals surface area contributed by atoms with Crippen molar-refractivity contribution in [1.82, 2.24) is 15.6 Å². The zero-order valence-electron chi connectivity index (χ0n) is 16.5. The Bertz CT molecular complexity index is 556. The smallest absolute Gasteiger partial charge is 0.218 e. The fourth-order valence-corrected chi connectivity index (χ4v) is 3.45. The van der Waals surface area contributed by atoms with Gasteiger partial charge < -0.3 is 20.1 Å². The first-order valence-electron chi connectivity index (χ1n) is 9.81. The molecule has 1 heterocycles. The molecule has 146 valence electrons. The number of hydrogen-bond donors (Lipinski definition) is 2. The van der Waals surface area contributed by atoms with Gasteiger partial charge in [-0.3, -0.25) is 0 Å². The van der Waals surface area contributed by atoms with E-state index in [1.807, 2.05) is 12.1 Å². The standard InChI is InChI=1S/C20H34N4O2/c1-4-20(10-6-7-11-20)16-24-19(21-5-2)23-15-17-9-8-12-22-18(17)26-14-13-25-3/h8-9,12H,4-7,10-11,13-16H2,1-3H3,(H2,21,23,24). The van der Waals surface area contributed by atoms with E-state index in [2.05, 4.69) is 29.5 Å². The van der Waals surface area contributed by atoms with Crippen LogP contribution in [0.2, 0.25) is 0 Å². The Balaban J connectivity index is 1.98. The van der Waals surface area contributed by atoms with Gasteiger partial charge in [-0.25, -0.2) is 9.98 Å². The first kappa shape index (κ1) is 20.5. The van der Waals surface area contributed by atoms with E-state index in [0.29, 0.717) is 31.1 Å². The summed E-state index contributed by atoms with van der Waals surface area (Å²) in [6, 6.07) is 3.92. The molecule has 1 fully saturated rings. The van der Waals surface area contributed by atoms with Gasteiger partial charge in [-0.15, -0.1) is 0 Å². The van der Waals surface area contributed by atoms with Crippen molar-refractivity contribution in [2.24, 2.45) is 10.4 Å². The van der Waals surface area contributed by atoms with Crippen molar-refractivity contribution in [1.29, 1.82) is 0 Å². The fraction of sp³-hybridized carbons (Fsp3) is 0.700. The van der Waals surface area contributed by atoms with E-state index in [1.54, 1.807) is 13.3 Å². The van der Waals surface area contributed by atoms with Crippen LogP contribution in [0.15, 0.2) is 23.3 Å². The van der Waals surface area contributed by atoms with Crippen LogP contribution in [0.1, 0.15) is 51.5 Å². The Hall–Kier alpha value is -1.82. The van der Waals surface area contributed by atoms with Crippen LogP contribution < -0.4 is 15.4 Å². The van der Waals surface area contributed by atoms with Gasteiger partial charge in [0.05, 0.1) is 13.2 Å². The van der Waals surface area contributed by atoms with Crippen molar-refractivity contribution in [2.45, 2.75) is 52.5 Å². The van der Waals surface area contributed by atoms with Crippen molar-refractivity contribution in [2.75, 3.05) is 33.4 Å². The number of aromatic nitrogens is 1. The number of hydrogen-bond acceptors (Lipinski definition) is 4. The van der Waals surface area contributed by atoms with E-state index >= 15 is 0 Å². The Kier molecular flexibility index (Phi) is 8.68. The SMILES string of the molecule is CCNC(=NCc1cccnc1OCCOC)NCC1(CC)CCCC1. The first-order chi connectivity index (χ1) is 12.7. The number of rotatable bonds is 10. The maximum Gasteiger partial charge on any atom is 0.218 e. The molecule has 0 aromatic carbocycles. The highest BCUT2D eigenvalue weighted by molar-refractivity contribution is 5.79. The molecule has 1 aromatic rings. The van der Waals surface area contributed by atoms with Gasteiger partial charge in [-0.2, -0.15) is 0 Å². The van der Waals surface area contributed by atoms with E-state index in [-0.39, 0.29) is 0 Å². The molecule has 0 saturated heterocycles. The second-order valence-electron chi connectivity index (χ2n) is 6.92. The van der Waals surface area contributed by atoms with Crippen LogP contribution in [0.4, 0.5) is 0 Å². The lowest BCUT2D eigenvalue weighted by Crippen LogP contribution is -2.42. The maximum atomic E-state index is 5.70. The van der Waals surface area contributed by atoms with Gasteiger partial charge in [0.1, 0.15) is 6.61 Å². The van der Waals surface area contributed by atoms with Crippen molar-refractivity contribution >= 4 is 5.96 Å². The van der Waals surface area contributed by atoms with E-state index < -0.39 is 0 Å². The van der Waals surface area contributed by atoms with Crippen LogP contribution in [0, 0.1) is 5.41 Å². The molecule has 0 bridgehead atoms. The summed E-state index contributed by atoms with van der Waals surface area (Å²) in [6.07, 6.45) is 8.29. The number of nitrogens with one attached hydrogen (secondary N) is 2. The van der Waals surface area contributed by atoms with Gasteiger partial charge in [-0.05, 0) is 37.7 Å². The molecule has 1 aliphatic carbocycles. The molecule has 0 aliphatic heterocycles. The molecule has 6 heteroatoms. The van der Waals surface area contributed by atoms with Crippen LogP contribution in [0.25, 0.3) is 0 Å². The molecular formula is C20H34N4O2. The Labute approximate surface area is 157 Å². The highest BCUT2D eigenvalue weighted by atomic mass is 16.5. The first-order valence-corrected chi connectivity index (χ1v) is 9.81. The number of guanidine groups is 1. The minimum absolute atomic E-state index is 0.429. The Morgan fingerprint density at radius 3 is 2.73 bits per heavy atom. The average molecular weight is 363 g/mol. The molecule has 1 aliphatic rings. The molecule has 26 heavy (non-hydrogen) atoms. The minimum Gasteiger partial charge on any atom is -0.475 e. The van der Waals surface area contributed by atoms with Crippen LogP contribution in [-0.4, -0.2) is 44.4 Å². The van der Waals surface area contributed by atoms with Crippen molar-refractivity contribution < 1.29 is 9.47 Å². The maximum absolute atomic E-state index is 5.70. The highest BCUT2D eigenvalue weighted by Crippen LogP contribution is 2.40. The predicted octanol–water partition coefficient (Wildman–Crippen LogP) is 3.13. The summed E-state index contributed by atoms with van der Waals surface area (Å²) in [7, 11) is 1.66. The Morgan fingerprint density at radius 2 is 2.04 bits per heavy atom. The van der Waals surface area contributed by atoms with Crippen molar-refractivity contribution in [3.8, 4) is 5.88 Å². The minimum atomic E-state index is 0.429. The van der Waals surface area contributed by atoms with Crippen molar-refractivity contribution in [3.63, 3.8) is 0 Å². The molecule has 0 atom stereocenters. The molecule has 0 spiro atoms. The third kappa shape index (κ3) is 6.16. The second kappa shape index (κ2) is 11.0. The lowest BCUT2D eigenvalue weighted by atomic mass is 9.83. The summed E-state index contributed by atoms with van der Waals surface area (Å²) >= 11 is 0. The van der Waals surface area contributed by atoms with Crippen LogP contribution >= 0.6 is 0 Å². The van der Waals surface area contributed by atoms with Crippen molar-refractivity contribution in [3.05, 3.63) is 23.9 Å². The van der Waals surface area contributed by atoms with Gasteiger partial charge in [-0.1, -0.05) is 25.8 Å². The number of nitrogens with zero attached hydrogens (tertiary/aromatic N) is 2. The highest BCUT2D eigenvalue weighted by Gasteiger charge is 2.31. The zero-order chi connectivity index (χ0) is 18.7. The third-order valence-electron chi connectivity index (χ3n) is 5.17. The summed E-state index contributed by atoms with van der Waals surface area (Å²) in [5.41, 5.74) is 1.41. The monoisotopic (exact) mass is 362 g/mol. The quantitative estimate of drug-likeness (QED) is 0.380. The largest absolute Gasteiger partial charge is 0.475 e. The molecule has 1 aromatic heterocycles. The summed E-state index contributed by atoms with van der Waals surface area (Å²) in [4.78, 5) is 9.06. The van der Waals surface area contributed by atoms with Gasteiger partial charge in [0, 0.05) is 32.0 Å². The summed E-state index contributed by atoms with van der Waals surface area (Å²) in [5, 5.41) is 6.90. The van der Waals surface area contributed by atoms with Gasteiger partial charge >= 0.3 is 0 Å². The fourth-order valence-electron chi connectivity index (χ4n) is 3.45. The van der Waals surface area contributed by atoms with Gasteiger partial charge in [0.25, 0.3) is 0 Å². The molecule has 0 amide bonds. The molecule has 6 nitrogen and oxygen atoms in total. The van der Waals surface area contributed by atoms with Crippen LogP contribution in [0.5, 0.6) is 5.88 Å². The number of pyridine rings is 1. The molecule has 0 radical (unpaired) electrons. The number of ether oxygens (including phenoxy) is 2.